The predicted octanol–water partition coefficient (Wildman–Crippen LogP) is 4.25. The van der Waals surface area contributed by atoms with Crippen LogP contribution in [0.3, 0.4) is 0 Å². The van der Waals surface area contributed by atoms with Crippen LogP contribution in [0.25, 0.3) is 0 Å². The minimum Gasteiger partial charge on any atom is -0.487 e. The summed E-state index contributed by atoms with van der Waals surface area (Å²) in [6.45, 7) is 1.49. The Morgan fingerprint density at radius 1 is 1.20 bits per heavy atom. The van der Waals surface area contributed by atoms with Gasteiger partial charge in [-0.1, -0.05) is 17.7 Å². The Morgan fingerprint density at radius 3 is 2.60 bits per heavy atom. The second kappa shape index (κ2) is 6.20. The number of aliphatic hydroxyl groups is 1. The summed E-state index contributed by atoms with van der Waals surface area (Å²) in [7, 11) is 0. The maximum atomic E-state index is 13.4. The molecular formula is C15H13ClF2O2. The third-order valence-electron chi connectivity index (χ3n) is 2.83. The summed E-state index contributed by atoms with van der Waals surface area (Å²) in [6.07, 6.45) is -0.637. The SMILES string of the molecule is C[C@H](O)c1ccc(OCc2cc(F)ccc2F)c(Cl)c1. The normalized spacial score (nSPS) is 12.2. The zero-order chi connectivity index (χ0) is 14.7. The predicted molar refractivity (Wildman–Crippen MR) is 72.8 cm³/mol. The molecule has 0 unspecified atom stereocenters. The third kappa shape index (κ3) is 3.46. The summed E-state index contributed by atoms with van der Waals surface area (Å²) in [5, 5.41) is 9.73. The molecule has 2 aromatic carbocycles. The number of aliphatic hydroxyl groups excluding tert-OH is 1. The number of hydrogen-bond acceptors (Lipinski definition) is 2. The van der Waals surface area contributed by atoms with Gasteiger partial charge in [0.05, 0.1) is 11.1 Å². The van der Waals surface area contributed by atoms with E-state index in [1.54, 1.807) is 25.1 Å². The fourth-order valence-electron chi connectivity index (χ4n) is 1.70. The summed E-state index contributed by atoms with van der Waals surface area (Å²) in [4.78, 5) is 0. The van der Waals surface area contributed by atoms with Crippen LogP contribution in [0.2, 0.25) is 5.02 Å². The highest BCUT2D eigenvalue weighted by Crippen LogP contribution is 2.28. The van der Waals surface area contributed by atoms with Gasteiger partial charge in [-0.05, 0) is 42.8 Å². The smallest absolute Gasteiger partial charge is 0.138 e. The summed E-state index contributed by atoms with van der Waals surface area (Å²) in [6, 6.07) is 7.99. The Bertz CT molecular complexity index is 615. The van der Waals surface area contributed by atoms with E-state index in [2.05, 4.69) is 0 Å². The molecule has 0 saturated carbocycles. The number of ether oxygens (including phenoxy) is 1. The van der Waals surface area contributed by atoms with Gasteiger partial charge in [0.15, 0.2) is 0 Å². The Balaban J connectivity index is 2.13. The average molecular weight is 299 g/mol. The van der Waals surface area contributed by atoms with Crippen molar-refractivity contribution in [3.05, 3.63) is 64.2 Å². The summed E-state index contributed by atoms with van der Waals surface area (Å²) >= 11 is 6.01. The van der Waals surface area contributed by atoms with Crippen LogP contribution in [0.5, 0.6) is 5.75 Å². The van der Waals surface area contributed by atoms with Crippen LogP contribution in [-0.4, -0.2) is 5.11 Å². The molecule has 0 aliphatic heterocycles. The molecule has 0 radical (unpaired) electrons. The van der Waals surface area contributed by atoms with Crippen LogP contribution in [0, 0.1) is 11.6 Å². The quantitative estimate of drug-likeness (QED) is 0.914. The highest BCUT2D eigenvalue weighted by Gasteiger charge is 2.09. The molecule has 0 aliphatic carbocycles. The standard InChI is InChI=1S/C15H13ClF2O2/c1-9(19)10-2-5-15(13(16)7-10)20-8-11-6-12(17)3-4-14(11)18/h2-7,9,19H,8H2,1H3/t9-/m0/s1. The van der Waals surface area contributed by atoms with Crippen molar-refractivity contribution in [1.29, 1.82) is 0 Å². The number of hydrogen-bond donors (Lipinski definition) is 1. The molecule has 0 fully saturated rings. The highest BCUT2D eigenvalue weighted by atomic mass is 35.5. The molecule has 1 atom stereocenters. The maximum absolute atomic E-state index is 13.4. The third-order valence-corrected chi connectivity index (χ3v) is 3.12. The molecule has 2 nitrogen and oxygen atoms in total. The highest BCUT2D eigenvalue weighted by molar-refractivity contribution is 6.32. The van der Waals surface area contributed by atoms with E-state index in [1.165, 1.54) is 0 Å². The van der Waals surface area contributed by atoms with Crippen LogP contribution in [0.4, 0.5) is 8.78 Å². The first kappa shape index (κ1) is 14.8. The maximum Gasteiger partial charge on any atom is 0.138 e. The second-order valence-electron chi connectivity index (χ2n) is 4.39. The van der Waals surface area contributed by atoms with E-state index in [9.17, 15) is 13.9 Å². The molecule has 20 heavy (non-hydrogen) atoms. The Morgan fingerprint density at radius 2 is 1.95 bits per heavy atom. The molecule has 0 saturated heterocycles. The van der Waals surface area contributed by atoms with E-state index in [0.29, 0.717) is 16.3 Å². The van der Waals surface area contributed by atoms with Gasteiger partial charge in [-0.2, -0.15) is 0 Å². The Kier molecular flexibility index (Phi) is 4.57. The summed E-state index contributed by atoms with van der Waals surface area (Å²) in [5.41, 5.74) is 0.764. The van der Waals surface area contributed by atoms with Crippen molar-refractivity contribution in [3.63, 3.8) is 0 Å². The zero-order valence-electron chi connectivity index (χ0n) is 10.7. The van der Waals surface area contributed by atoms with Gasteiger partial charge in [0.2, 0.25) is 0 Å². The second-order valence-corrected chi connectivity index (χ2v) is 4.80. The topological polar surface area (TPSA) is 29.5 Å². The molecule has 0 spiro atoms. The minimum atomic E-state index is -0.637. The van der Waals surface area contributed by atoms with Crippen LogP contribution >= 0.6 is 11.6 Å². The monoisotopic (exact) mass is 298 g/mol. The fraction of sp³-hybridized carbons (Fsp3) is 0.200. The van der Waals surface area contributed by atoms with Crippen molar-refractivity contribution in [2.45, 2.75) is 19.6 Å². The van der Waals surface area contributed by atoms with E-state index in [-0.39, 0.29) is 12.2 Å². The molecule has 0 heterocycles. The van der Waals surface area contributed by atoms with E-state index in [1.807, 2.05) is 0 Å². The van der Waals surface area contributed by atoms with Gasteiger partial charge in [0.1, 0.15) is 24.0 Å². The summed E-state index contributed by atoms with van der Waals surface area (Å²) < 4.78 is 31.8. The van der Waals surface area contributed by atoms with Crippen molar-refractivity contribution < 1.29 is 18.6 Å². The average Bonchev–Trinajstić information content (AvgIpc) is 2.40. The van der Waals surface area contributed by atoms with Crippen LogP contribution in [-0.2, 0) is 6.61 Å². The van der Waals surface area contributed by atoms with E-state index >= 15 is 0 Å². The van der Waals surface area contributed by atoms with Crippen molar-refractivity contribution >= 4 is 11.6 Å². The first-order valence-electron chi connectivity index (χ1n) is 6.01. The van der Waals surface area contributed by atoms with Crippen molar-refractivity contribution in [3.8, 4) is 5.75 Å². The van der Waals surface area contributed by atoms with Gasteiger partial charge in [-0.15, -0.1) is 0 Å². The number of benzene rings is 2. The van der Waals surface area contributed by atoms with Crippen LogP contribution in [0.15, 0.2) is 36.4 Å². The number of rotatable bonds is 4. The lowest BCUT2D eigenvalue weighted by Gasteiger charge is -2.11. The molecule has 0 aromatic heterocycles. The Hall–Kier alpha value is -1.65. The molecule has 106 valence electrons. The molecular weight excluding hydrogens is 286 g/mol. The first-order chi connectivity index (χ1) is 9.47. The molecule has 0 bridgehead atoms. The fourth-order valence-corrected chi connectivity index (χ4v) is 1.95. The van der Waals surface area contributed by atoms with E-state index in [0.717, 1.165) is 18.2 Å². The van der Waals surface area contributed by atoms with E-state index in [4.69, 9.17) is 16.3 Å². The minimum absolute atomic E-state index is 0.112. The van der Waals surface area contributed by atoms with Crippen molar-refractivity contribution in [2.24, 2.45) is 0 Å². The van der Waals surface area contributed by atoms with Crippen LogP contribution < -0.4 is 4.74 Å². The molecule has 5 heteroatoms. The Labute approximate surface area is 120 Å². The van der Waals surface area contributed by atoms with Gasteiger partial charge < -0.3 is 9.84 Å². The van der Waals surface area contributed by atoms with Crippen LogP contribution in [0.1, 0.15) is 24.2 Å². The van der Waals surface area contributed by atoms with Gasteiger partial charge >= 0.3 is 0 Å². The molecule has 2 aromatic rings. The first-order valence-corrected chi connectivity index (χ1v) is 6.39. The summed E-state index contributed by atoms with van der Waals surface area (Å²) in [5.74, 6) is -0.719. The van der Waals surface area contributed by atoms with E-state index < -0.39 is 17.7 Å². The largest absolute Gasteiger partial charge is 0.487 e. The lowest BCUT2D eigenvalue weighted by molar-refractivity contribution is 0.199. The molecule has 1 N–H and O–H groups in total. The number of halogens is 3. The molecule has 2 rings (SSSR count). The van der Waals surface area contributed by atoms with Gasteiger partial charge in [0.25, 0.3) is 0 Å². The van der Waals surface area contributed by atoms with Gasteiger partial charge in [-0.3, -0.25) is 0 Å². The van der Waals surface area contributed by atoms with Gasteiger partial charge in [-0.25, -0.2) is 8.78 Å². The van der Waals surface area contributed by atoms with Crippen molar-refractivity contribution in [1.82, 2.24) is 0 Å². The molecule has 0 aliphatic rings. The lowest BCUT2D eigenvalue weighted by Crippen LogP contribution is -2.00. The zero-order valence-corrected chi connectivity index (χ0v) is 11.5. The molecule has 0 amide bonds. The van der Waals surface area contributed by atoms with Gasteiger partial charge in [0, 0.05) is 5.56 Å². The van der Waals surface area contributed by atoms with Crippen molar-refractivity contribution in [2.75, 3.05) is 0 Å². The lowest BCUT2D eigenvalue weighted by atomic mass is 10.1.